The monoisotopic (exact) mass is 782 g/mol. The number of carbonyl (C=O) groups is 4. The minimum absolute atomic E-state index is 0.173. The highest BCUT2D eigenvalue weighted by atomic mass is 16.2. The number of aromatic nitrogens is 4. The van der Waals surface area contributed by atoms with E-state index in [4.69, 9.17) is 19.9 Å². The lowest BCUT2D eigenvalue weighted by molar-refractivity contribution is 0.0983. The molecule has 0 radical (unpaired) electrons. The van der Waals surface area contributed by atoms with Crippen molar-refractivity contribution < 1.29 is 19.2 Å². The van der Waals surface area contributed by atoms with Crippen molar-refractivity contribution in [2.45, 2.75) is 0 Å². The van der Waals surface area contributed by atoms with Crippen molar-refractivity contribution in [1.29, 1.82) is 0 Å². The van der Waals surface area contributed by atoms with Gasteiger partial charge in [0.15, 0.2) is 22.8 Å². The first-order valence-electron chi connectivity index (χ1n) is 19.0. The lowest BCUT2D eigenvalue weighted by Gasteiger charge is -2.18. The average molecular weight is 783 g/mol. The summed E-state index contributed by atoms with van der Waals surface area (Å²) in [6, 6.07) is 46.7. The third-order valence-electron chi connectivity index (χ3n) is 10.2. The van der Waals surface area contributed by atoms with Gasteiger partial charge in [0, 0.05) is 55.1 Å². The summed E-state index contributed by atoms with van der Waals surface area (Å²) in [4.78, 5) is 76.1. The molecule has 2 aromatic heterocycles. The number of hydrogen-bond acceptors (Lipinski definition) is 8. The van der Waals surface area contributed by atoms with E-state index in [-0.39, 0.29) is 22.8 Å². The first-order valence-corrected chi connectivity index (χ1v) is 19.0. The summed E-state index contributed by atoms with van der Waals surface area (Å²) in [7, 11) is 0. The predicted molar refractivity (Wildman–Crippen MR) is 234 cm³/mol. The van der Waals surface area contributed by atoms with Crippen molar-refractivity contribution in [3.8, 4) is 0 Å². The van der Waals surface area contributed by atoms with Gasteiger partial charge in [-0.1, -0.05) is 109 Å². The summed E-state index contributed by atoms with van der Waals surface area (Å²) in [5.74, 6) is -2.48. The quantitative estimate of drug-likeness (QED) is 0.0873. The van der Waals surface area contributed by atoms with Crippen LogP contribution in [0.25, 0.3) is 54.4 Å². The zero-order chi connectivity index (χ0) is 40.7. The highest BCUT2D eigenvalue weighted by Crippen LogP contribution is 2.43. The molecule has 12 nitrogen and oxygen atoms in total. The summed E-state index contributed by atoms with van der Waals surface area (Å²) < 4.78 is 0. The van der Waals surface area contributed by atoms with Crippen LogP contribution in [-0.4, -0.2) is 43.6 Å². The molecule has 0 spiro atoms. The summed E-state index contributed by atoms with van der Waals surface area (Å²) in [5, 5.41) is 15.5. The first kappa shape index (κ1) is 35.8. The highest BCUT2D eigenvalue weighted by molar-refractivity contribution is 6.38. The van der Waals surface area contributed by atoms with Crippen LogP contribution in [0.15, 0.2) is 158 Å². The third kappa shape index (κ3) is 6.30. The fraction of sp³-hybridized carbons (Fsp3) is 0. The van der Waals surface area contributed by atoms with Crippen LogP contribution in [0.3, 0.4) is 0 Å². The van der Waals surface area contributed by atoms with Crippen molar-refractivity contribution in [1.82, 2.24) is 19.9 Å². The second-order valence-electron chi connectivity index (χ2n) is 14.0. The minimum atomic E-state index is -0.620. The summed E-state index contributed by atoms with van der Waals surface area (Å²) in [6.45, 7) is 0. The molecule has 0 aliphatic heterocycles. The number of hydrogen-bond donors (Lipinski definition) is 4. The zero-order valence-electron chi connectivity index (χ0n) is 31.4. The van der Waals surface area contributed by atoms with E-state index in [0.29, 0.717) is 66.4 Å². The van der Waals surface area contributed by atoms with E-state index >= 15 is 0 Å². The van der Waals surface area contributed by atoms with Gasteiger partial charge in [-0.3, -0.25) is 19.2 Å². The summed E-state index contributed by atoms with van der Waals surface area (Å²) in [5.41, 5.74) is 2.89. The van der Waals surface area contributed by atoms with Gasteiger partial charge in [-0.2, -0.15) is 0 Å². The molecule has 0 saturated heterocycles. The molecule has 10 aromatic rings. The molecule has 12 heteroatoms. The van der Waals surface area contributed by atoms with Crippen LogP contribution in [-0.2, 0) is 0 Å². The van der Waals surface area contributed by atoms with Crippen molar-refractivity contribution in [3.05, 3.63) is 181 Å². The smallest absolute Gasteiger partial charge is 0.276 e. The average Bonchev–Trinajstić information content (AvgIpc) is 3.29. The number of nitrogens with zero attached hydrogens (tertiary/aromatic N) is 4. The Kier molecular flexibility index (Phi) is 8.76. The van der Waals surface area contributed by atoms with E-state index in [9.17, 15) is 19.2 Å². The Morgan fingerprint density at radius 1 is 0.283 bits per heavy atom. The molecule has 8 aromatic carbocycles. The Labute approximate surface area is 340 Å². The van der Waals surface area contributed by atoms with Gasteiger partial charge in [-0.15, -0.1) is 0 Å². The van der Waals surface area contributed by atoms with E-state index in [0.717, 1.165) is 10.8 Å². The molecule has 60 heavy (non-hydrogen) atoms. The molecule has 0 bridgehead atoms. The van der Waals surface area contributed by atoms with Gasteiger partial charge >= 0.3 is 0 Å². The number of fused-ring (bicyclic) bond motifs is 6. The molecule has 4 N–H and O–H groups in total. The van der Waals surface area contributed by atoms with Crippen LogP contribution in [0.1, 0.15) is 42.0 Å². The summed E-state index contributed by atoms with van der Waals surface area (Å²) in [6.07, 6.45) is 0. The maximum Gasteiger partial charge on any atom is 0.276 e. The Hall–Kier alpha value is -8.64. The van der Waals surface area contributed by atoms with E-state index in [1.54, 1.807) is 97.1 Å². The molecule has 286 valence electrons. The Balaban J connectivity index is 1.23. The molecule has 0 fully saturated rings. The number of carbonyl (C=O) groups excluding carboxylic acids is 4. The maximum absolute atomic E-state index is 14.1. The van der Waals surface area contributed by atoms with Crippen LogP contribution in [0.5, 0.6) is 0 Å². The third-order valence-corrected chi connectivity index (χ3v) is 10.2. The number of nitrogens with one attached hydrogen (secondary N) is 4. The molecule has 4 amide bonds. The SMILES string of the molecule is O=C(Nc1ccccc1)c1nc2c3cccc4c5nc(C(=O)Nc6ccccc6)c(C(=O)Nc6ccccc6)nc5c5cccc(c2nc1C(=O)Nc1ccccc1)c5c34. The molecular formula is C48H30N8O4. The predicted octanol–water partition coefficient (Wildman–Crippen LogP) is 9.48. The molecule has 10 rings (SSSR count). The van der Waals surface area contributed by atoms with Gasteiger partial charge in [0.1, 0.15) is 0 Å². The topological polar surface area (TPSA) is 168 Å². The van der Waals surface area contributed by atoms with E-state index < -0.39 is 23.6 Å². The van der Waals surface area contributed by atoms with Crippen LogP contribution in [0.2, 0.25) is 0 Å². The van der Waals surface area contributed by atoms with Gasteiger partial charge in [0.05, 0.1) is 22.1 Å². The molecule has 0 unspecified atom stereocenters. The lowest BCUT2D eigenvalue weighted by atomic mass is 9.91. The number of anilines is 4. The molecule has 0 saturated carbocycles. The van der Waals surface area contributed by atoms with Gasteiger partial charge in [0.25, 0.3) is 23.6 Å². The van der Waals surface area contributed by atoms with E-state index in [2.05, 4.69) is 21.3 Å². The van der Waals surface area contributed by atoms with Crippen LogP contribution >= 0.6 is 0 Å². The molecule has 0 aliphatic carbocycles. The van der Waals surface area contributed by atoms with Crippen molar-refractivity contribution in [2.24, 2.45) is 0 Å². The first-order chi connectivity index (χ1) is 29.4. The molecule has 2 heterocycles. The van der Waals surface area contributed by atoms with Crippen LogP contribution in [0, 0.1) is 0 Å². The van der Waals surface area contributed by atoms with Gasteiger partial charge in [0.2, 0.25) is 0 Å². The number of rotatable bonds is 8. The van der Waals surface area contributed by atoms with Gasteiger partial charge in [-0.25, -0.2) is 19.9 Å². The Bertz CT molecular complexity index is 2890. The molecule has 0 aliphatic rings. The van der Waals surface area contributed by atoms with E-state index in [1.165, 1.54) is 0 Å². The van der Waals surface area contributed by atoms with Gasteiger partial charge < -0.3 is 21.3 Å². The Morgan fingerprint density at radius 2 is 0.500 bits per heavy atom. The summed E-state index contributed by atoms with van der Waals surface area (Å²) >= 11 is 0. The Morgan fingerprint density at radius 3 is 0.717 bits per heavy atom. The largest absolute Gasteiger partial charge is 0.321 e. The van der Waals surface area contributed by atoms with Crippen molar-refractivity contribution >= 4 is 101 Å². The molecule has 0 atom stereocenters. The van der Waals surface area contributed by atoms with E-state index in [1.807, 2.05) is 60.7 Å². The fourth-order valence-corrected chi connectivity index (χ4v) is 7.53. The lowest BCUT2D eigenvalue weighted by Crippen LogP contribution is -2.24. The van der Waals surface area contributed by atoms with Crippen LogP contribution < -0.4 is 21.3 Å². The minimum Gasteiger partial charge on any atom is -0.321 e. The normalized spacial score (nSPS) is 11.3. The highest BCUT2D eigenvalue weighted by Gasteiger charge is 2.29. The van der Waals surface area contributed by atoms with Crippen molar-refractivity contribution in [3.63, 3.8) is 0 Å². The van der Waals surface area contributed by atoms with Gasteiger partial charge in [-0.05, 0) is 48.5 Å². The maximum atomic E-state index is 14.1. The number of amides is 4. The standard InChI is InChI=1S/C48H30N8O4/c57-45(49-27-15-5-1-6-16-27)41-42(46(58)50-28-17-7-2-8-18-28)54-38-32-24-14-26-34-36(32)35-31(37(38)53-41)23-13-25-33(35)39-40(34)56-44(48(60)52-30-21-11-4-12-22-30)43(55-39)47(59)51-29-19-9-3-10-20-29/h1-26H,(H,49,57)(H,50,58)(H,51,59)(H,52,60). The molecular weight excluding hydrogens is 753 g/mol. The second-order valence-corrected chi connectivity index (χ2v) is 14.0. The van der Waals surface area contributed by atoms with Crippen LogP contribution in [0.4, 0.5) is 22.7 Å². The number of para-hydroxylation sites is 4. The van der Waals surface area contributed by atoms with Crippen molar-refractivity contribution in [2.75, 3.05) is 21.3 Å². The zero-order valence-corrected chi connectivity index (χ0v) is 31.4. The number of benzene rings is 8. The fourth-order valence-electron chi connectivity index (χ4n) is 7.53. The second kappa shape index (κ2) is 14.7.